The van der Waals surface area contributed by atoms with Crippen molar-refractivity contribution in [2.75, 3.05) is 13.7 Å². The molecular formula is C15H15FN2O4. The third-order valence-corrected chi connectivity index (χ3v) is 3.68. The summed E-state index contributed by atoms with van der Waals surface area (Å²) in [6.07, 6.45) is -0.317. The summed E-state index contributed by atoms with van der Waals surface area (Å²) in [6, 6.07) is 6.99. The Labute approximate surface area is 126 Å². The summed E-state index contributed by atoms with van der Waals surface area (Å²) in [5.41, 5.74) is 0.636. The van der Waals surface area contributed by atoms with Crippen LogP contribution in [-0.2, 0) is 0 Å². The fraction of sp³-hybridized carbons (Fsp3) is 0.333. The molecule has 0 spiro atoms. The van der Waals surface area contributed by atoms with Gasteiger partial charge < -0.3 is 19.3 Å². The van der Waals surface area contributed by atoms with Crippen molar-refractivity contribution in [3.05, 3.63) is 47.5 Å². The van der Waals surface area contributed by atoms with Crippen LogP contribution in [0.25, 0.3) is 0 Å². The molecule has 1 aliphatic rings. The van der Waals surface area contributed by atoms with E-state index in [-0.39, 0.29) is 24.0 Å². The predicted octanol–water partition coefficient (Wildman–Crippen LogP) is 1.77. The largest absolute Gasteiger partial charge is 0.479 e. The van der Waals surface area contributed by atoms with Crippen LogP contribution < -0.4 is 4.74 Å². The Balaban J connectivity index is 1.88. The number of aliphatic hydroxyl groups excluding tert-OH is 1. The van der Waals surface area contributed by atoms with Crippen LogP contribution in [0.5, 0.6) is 5.88 Å². The SMILES string of the molecule is COc1cc(C(=O)N2CC(O)CC2c2cccc(F)c2)on1. The molecule has 3 rings (SSSR count). The maximum atomic E-state index is 13.4. The van der Waals surface area contributed by atoms with E-state index in [1.165, 1.54) is 30.2 Å². The molecule has 1 amide bonds. The summed E-state index contributed by atoms with van der Waals surface area (Å²) in [6.45, 7) is 0.156. The molecule has 2 unspecified atom stereocenters. The fourth-order valence-corrected chi connectivity index (χ4v) is 2.67. The van der Waals surface area contributed by atoms with Crippen LogP contribution in [0.15, 0.2) is 34.9 Å². The van der Waals surface area contributed by atoms with Gasteiger partial charge >= 0.3 is 0 Å². The number of methoxy groups -OCH3 is 1. The normalized spacial score (nSPS) is 21.1. The number of carbonyl (C=O) groups is 1. The third-order valence-electron chi connectivity index (χ3n) is 3.68. The summed E-state index contributed by atoms with van der Waals surface area (Å²) in [5.74, 6) is -0.577. The van der Waals surface area contributed by atoms with E-state index in [1.807, 2.05) is 0 Å². The summed E-state index contributed by atoms with van der Waals surface area (Å²) in [4.78, 5) is 14.0. The molecule has 2 aromatic rings. The van der Waals surface area contributed by atoms with Gasteiger partial charge in [0.05, 0.1) is 25.3 Å². The van der Waals surface area contributed by atoms with Crippen LogP contribution in [0.3, 0.4) is 0 Å². The van der Waals surface area contributed by atoms with Crippen molar-refractivity contribution < 1.29 is 23.6 Å². The maximum absolute atomic E-state index is 13.4. The molecule has 0 saturated carbocycles. The number of rotatable bonds is 3. The van der Waals surface area contributed by atoms with Gasteiger partial charge in [0, 0.05) is 6.54 Å². The van der Waals surface area contributed by atoms with Gasteiger partial charge in [-0.05, 0) is 29.3 Å². The first-order chi connectivity index (χ1) is 10.6. The predicted molar refractivity (Wildman–Crippen MR) is 73.9 cm³/mol. The third kappa shape index (κ3) is 2.67. The van der Waals surface area contributed by atoms with Gasteiger partial charge in [-0.3, -0.25) is 4.79 Å². The molecule has 1 aromatic carbocycles. The number of β-amino-alcohol motifs (C(OH)–C–C–N with tert-alkyl or cyclic N) is 1. The highest BCUT2D eigenvalue weighted by molar-refractivity contribution is 5.92. The lowest BCUT2D eigenvalue weighted by molar-refractivity contribution is 0.0673. The molecule has 0 aliphatic carbocycles. The lowest BCUT2D eigenvalue weighted by atomic mass is 10.0. The smallest absolute Gasteiger partial charge is 0.293 e. The Bertz CT molecular complexity index is 688. The molecule has 6 nitrogen and oxygen atoms in total. The first kappa shape index (κ1) is 14.5. The number of ether oxygens (including phenoxy) is 1. The zero-order valence-corrected chi connectivity index (χ0v) is 11.9. The number of aromatic nitrogens is 1. The van der Waals surface area contributed by atoms with Crippen LogP contribution in [0.2, 0.25) is 0 Å². The number of benzene rings is 1. The van der Waals surface area contributed by atoms with E-state index in [0.29, 0.717) is 12.0 Å². The standard InChI is InChI=1S/C15H15FN2O4/c1-21-14-7-13(22-17-14)15(20)18-8-11(19)6-12(18)9-3-2-4-10(16)5-9/h2-5,7,11-12,19H,6,8H2,1H3. The maximum Gasteiger partial charge on any atom is 0.293 e. The minimum Gasteiger partial charge on any atom is -0.479 e. The first-order valence-corrected chi connectivity index (χ1v) is 6.83. The summed E-state index contributed by atoms with van der Waals surface area (Å²) >= 11 is 0. The van der Waals surface area contributed by atoms with E-state index in [2.05, 4.69) is 5.16 Å². The fourth-order valence-electron chi connectivity index (χ4n) is 2.67. The van der Waals surface area contributed by atoms with Gasteiger partial charge in [0.25, 0.3) is 11.8 Å². The molecule has 2 atom stereocenters. The number of carbonyl (C=O) groups excluding carboxylic acids is 1. The molecule has 116 valence electrons. The minimum absolute atomic E-state index is 0.0207. The lowest BCUT2D eigenvalue weighted by Gasteiger charge is -2.23. The van der Waals surface area contributed by atoms with Crippen molar-refractivity contribution in [1.82, 2.24) is 10.1 Å². The molecular weight excluding hydrogens is 291 g/mol. The Morgan fingerprint density at radius 1 is 1.50 bits per heavy atom. The van der Waals surface area contributed by atoms with Crippen LogP contribution in [-0.4, -0.2) is 40.8 Å². The van der Waals surface area contributed by atoms with Gasteiger partial charge in [-0.2, -0.15) is 0 Å². The van der Waals surface area contributed by atoms with Gasteiger partial charge in [0.1, 0.15) is 5.82 Å². The van der Waals surface area contributed by atoms with E-state index in [9.17, 15) is 14.3 Å². The Morgan fingerprint density at radius 3 is 3.00 bits per heavy atom. The second-order valence-corrected chi connectivity index (χ2v) is 5.15. The second-order valence-electron chi connectivity index (χ2n) is 5.15. The van der Waals surface area contributed by atoms with E-state index >= 15 is 0 Å². The van der Waals surface area contributed by atoms with E-state index in [1.54, 1.807) is 12.1 Å². The van der Waals surface area contributed by atoms with Gasteiger partial charge in [-0.1, -0.05) is 12.1 Å². The molecule has 1 fully saturated rings. The number of hydrogen-bond donors (Lipinski definition) is 1. The molecule has 1 aromatic heterocycles. The van der Waals surface area contributed by atoms with Crippen LogP contribution >= 0.6 is 0 Å². The summed E-state index contributed by atoms with van der Waals surface area (Å²) in [5, 5.41) is 13.5. The van der Waals surface area contributed by atoms with E-state index < -0.39 is 18.1 Å². The van der Waals surface area contributed by atoms with Crippen molar-refractivity contribution in [2.45, 2.75) is 18.6 Å². The molecule has 1 saturated heterocycles. The van der Waals surface area contributed by atoms with Gasteiger partial charge in [-0.25, -0.2) is 4.39 Å². The number of amides is 1. The minimum atomic E-state index is -0.665. The van der Waals surface area contributed by atoms with Gasteiger partial charge in [0.2, 0.25) is 5.76 Å². The van der Waals surface area contributed by atoms with Crippen LogP contribution in [0.4, 0.5) is 4.39 Å². The van der Waals surface area contributed by atoms with Crippen LogP contribution in [0.1, 0.15) is 28.6 Å². The van der Waals surface area contributed by atoms with Crippen molar-refractivity contribution in [1.29, 1.82) is 0 Å². The molecule has 7 heteroatoms. The number of aliphatic hydroxyl groups is 1. The highest BCUT2D eigenvalue weighted by Gasteiger charge is 2.37. The number of halogens is 1. The number of likely N-dealkylation sites (tertiary alicyclic amines) is 1. The Hall–Kier alpha value is -2.41. The van der Waals surface area contributed by atoms with E-state index in [0.717, 1.165) is 0 Å². The molecule has 1 aliphatic heterocycles. The van der Waals surface area contributed by atoms with Gasteiger partial charge in [-0.15, -0.1) is 0 Å². The zero-order valence-electron chi connectivity index (χ0n) is 11.9. The lowest BCUT2D eigenvalue weighted by Crippen LogP contribution is -2.31. The summed E-state index contributed by atoms with van der Waals surface area (Å²) < 4.78 is 23.2. The van der Waals surface area contributed by atoms with Crippen molar-refractivity contribution in [2.24, 2.45) is 0 Å². The monoisotopic (exact) mass is 306 g/mol. The first-order valence-electron chi connectivity index (χ1n) is 6.83. The molecule has 1 N–H and O–H groups in total. The van der Waals surface area contributed by atoms with Gasteiger partial charge in [0.15, 0.2) is 0 Å². The quantitative estimate of drug-likeness (QED) is 0.935. The Morgan fingerprint density at radius 2 is 2.32 bits per heavy atom. The topological polar surface area (TPSA) is 75.8 Å². The number of hydrogen-bond acceptors (Lipinski definition) is 5. The average Bonchev–Trinajstić information content (AvgIpc) is 3.13. The summed E-state index contributed by atoms with van der Waals surface area (Å²) in [7, 11) is 1.42. The van der Waals surface area contributed by atoms with Crippen molar-refractivity contribution in [3.63, 3.8) is 0 Å². The second kappa shape index (κ2) is 5.76. The van der Waals surface area contributed by atoms with Crippen molar-refractivity contribution in [3.8, 4) is 5.88 Å². The molecule has 22 heavy (non-hydrogen) atoms. The Kier molecular flexibility index (Phi) is 3.81. The zero-order chi connectivity index (χ0) is 15.7. The number of nitrogens with zero attached hydrogens (tertiary/aromatic N) is 2. The highest BCUT2D eigenvalue weighted by atomic mass is 19.1. The highest BCUT2D eigenvalue weighted by Crippen LogP contribution is 2.34. The van der Waals surface area contributed by atoms with Crippen molar-refractivity contribution >= 4 is 5.91 Å². The van der Waals surface area contributed by atoms with Crippen LogP contribution in [0, 0.1) is 5.82 Å². The molecule has 2 heterocycles. The van der Waals surface area contributed by atoms with E-state index in [4.69, 9.17) is 9.26 Å². The molecule has 0 radical (unpaired) electrons. The molecule has 0 bridgehead atoms. The average molecular weight is 306 g/mol.